The maximum absolute atomic E-state index is 13.9. The summed E-state index contributed by atoms with van der Waals surface area (Å²) in [6, 6.07) is 19.0. The van der Waals surface area contributed by atoms with Crippen LogP contribution in [-0.2, 0) is 6.42 Å². The Kier molecular flexibility index (Phi) is 4.98. The molecule has 3 rings (SSSR count). The summed E-state index contributed by atoms with van der Waals surface area (Å²) >= 11 is 0. The third-order valence-corrected chi connectivity index (χ3v) is 4.07. The van der Waals surface area contributed by atoms with E-state index in [1.807, 2.05) is 36.4 Å². The Morgan fingerprint density at radius 2 is 1.19 bits per heavy atom. The first kappa shape index (κ1) is 18.0. The number of ether oxygens (including phenoxy) is 1. The number of rotatable bonds is 4. The lowest BCUT2D eigenvalue weighted by Crippen LogP contribution is -2.17. The summed E-state index contributed by atoms with van der Waals surface area (Å²) in [4.78, 5) is 0. The van der Waals surface area contributed by atoms with Gasteiger partial charge in [0, 0.05) is 0 Å². The highest BCUT2D eigenvalue weighted by Gasteiger charge is 2.32. The van der Waals surface area contributed by atoms with E-state index in [0.29, 0.717) is 11.1 Å². The average molecular weight is 360 g/mol. The summed E-state index contributed by atoms with van der Waals surface area (Å²) in [5.41, 5.74) is 4.51. The zero-order valence-electron chi connectivity index (χ0n) is 14.0. The van der Waals surface area contributed by atoms with Crippen LogP contribution in [0, 0.1) is 5.82 Å². The van der Waals surface area contributed by atoms with E-state index < -0.39 is 17.9 Å². The number of hydrogen-bond acceptors (Lipinski definition) is 1. The van der Waals surface area contributed by atoms with Gasteiger partial charge in [0.2, 0.25) is 0 Å². The molecule has 0 atom stereocenters. The van der Waals surface area contributed by atoms with Gasteiger partial charge in [-0.15, -0.1) is 13.2 Å². The molecule has 134 valence electrons. The van der Waals surface area contributed by atoms with E-state index in [1.54, 1.807) is 0 Å². The van der Waals surface area contributed by atoms with Gasteiger partial charge in [-0.2, -0.15) is 0 Å². The Balaban J connectivity index is 1.83. The quantitative estimate of drug-likeness (QED) is 0.475. The molecule has 0 saturated carbocycles. The zero-order chi connectivity index (χ0) is 18.7. The fourth-order valence-electron chi connectivity index (χ4n) is 2.68. The van der Waals surface area contributed by atoms with E-state index in [1.165, 1.54) is 11.6 Å². The predicted molar refractivity (Wildman–Crippen MR) is 93.3 cm³/mol. The van der Waals surface area contributed by atoms with Gasteiger partial charge in [0.1, 0.15) is 0 Å². The topological polar surface area (TPSA) is 9.23 Å². The van der Waals surface area contributed by atoms with Crippen molar-refractivity contribution >= 4 is 0 Å². The molecule has 0 radical (unpaired) electrons. The second-order valence-corrected chi connectivity index (χ2v) is 5.82. The normalized spacial score (nSPS) is 11.4. The third kappa shape index (κ3) is 4.23. The third-order valence-electron chi connectivity index (χ3n) is 4.07. The number of alkyl halides is 3. The highest BCUT2D eigenvalue weighted by atomic mass is 19.4. The Morgan fingerprint density at radius 1 is 0.731 bits per heavy atom. The Morgan fingerprint density at radius 3 is 1.65 bits per heavy atom. The monoisotopic (exact) mass is 360 g/mol. The van der Waals surface area contributed by atoms with Crippen molar-refractivity contribution in [3.8, 4) is 28.0 Å². The van der Waals surface area contributed by atoms with Crippen LogP contribution in [-0.4, -0.2) is 6.36 Å². The summed E-state index contributed by atoms with van der Waals surface area (Å²) in [6.45, 7) is 2.09. The van der Waals surface area contributed by atoms with Gasteiger partial charge in [0.05, 0.1) is 0 Å². The molecular weight excluding hydrogens is 344 g/mol. The lowest BCUT2D eigenvalue weighted by Gasteiger charge is -2.11. The summed E-state index contributed by atoms with van der Waals surface area (Å²) in [7, 11) is 0. The van der Waals surface area contributed by atoms with E-state index in [-0.39, 0.29) is 0 Å². The van der Waals surface area contributed by atoms with Gasteiger partial charge in [0.15, 0.2) is 11.6 Å². The minimum absolute atomic E-state index is 0.477. The lowest BCUT2D eigenvalue weighted by atomic mass is 9.99. The SMILES string of the molecule is CCc1ccc(-c2ccc(-c3ccc(OC(F)(F)F)c(F)c3)cc2)cc1. The van der Waals surface area contributed by atoms with Crippen molar-refractivity contribution in [3.63, 3.8) is 0 Å². The van der Waals surface area contributed by atoms with Crippen LogP contribution < -0.4 is 4.74 Å². The molecule has 0 aliphatic rings. The molecule has 0 fully saturated rings. The van der Waals surface area contributed by atoms with E-state index in [4.69, 9.17) is 0 Å². The van der Waals surface area contributed by atoms with Crippen molar-refractivity contribution in [2.75, 3.05) is 0 Å². The van der Waals surface area contributed by atoms with Crippen molar-refractivity contribution in [2.45, 2.75) is 19.7 Å². The Bertz CT molecular complexity index is 881. The zero-order valence-corrected chi connectivity index (χ0v) is 14.0. The first-order valence-corrected chi connectivity index (χ1v) is 8.11. The van der Waals surface area contributed by atoms with Gasteiger partial charge in [0.25, 0.3) is 0 Å². The maximum Gasteiger partial charge on any atom is 0.573 e. The molecule has 1 nitrogen and oxygen atoms in total. The molecule has 0 N–H and O–H groups in total. The molecule has 0 saturated heterocycles. The summed E-state index contributed by atoms with van der Waals surface area (Å²) in [6.07, 6.45) is -3.95. The largest absolute Gasteiger partial charge is 0.573 e. The summed E-state index contributed by atoms with van der Waals surface area (Å²) in [5, 5.41) is 0. The van der Waals surface area contributed by atoms with Crippen molar-refractivity contribution in [3.05, 3.63) is 78.1 Å². The molecular formula is C21H16F4O. The highest BCUT2D eigenvalue weighted by Crippen LogP contribution is 2.30. The van der Waals surface area contributed by atoms with Gasteiger partial charge < -0.3 is 4.74 Å². The van der Waals surface area contributed by atoms with Gasteiger partial charge in [-0.25, -0.2) is 4.39 Å². The highest BCUT2D eigenvalue weighted by molar-refractivity contribution is 5.71. The molecule has 0 aliphatic carbocycles. The molecule has 5 heteroatoms. The van der Waals surface area contributed by atoms with Crippen LogP contribution in [0.2, 0.25) is 0 Å². The van der Waals surface area contributed by atoms with Crippen LogP contribution in [0.25, 0.3) is 22.3 Å². The molecule has 26 heavy (non-hydrogen) atoms. The predicted octanol–water partition coefficient (Wildman–Crippen LogP) is 6.62. The minimum atomic E-state index is -4.92. The smallest absolute Gasteiger partial charge is 0.403 e. The molecule has 0 aromatic heterocycles. The number of benzene rings is 3. The van der Waals surface area contributed by atoms with E-state index in [2.05, 4.69) is 23.8 Å². The Labute approximate surface area is 148 Å². The van der Waals surface area contributed by atoms with Crippen LogP contribution in [0.1, 0.15) is 12.5 Å². The van der Waals surface area contributed by atoms with Crippen molar-refractivity contribution in [2.24, 2.45) is 0 Å². The molecule has 3 aromatic rings. The van der Waals surface area contributed by atoms with Crippen molar-refractivity contribution < 1.29 is 22.3 Å². The number of hydrogen-bond donors (Lipinski definition) is 0. The lowest BCUT2D eigenvalue weighted by molar-refractivity contribution is -0.275. The average Bonchev–Trinajstić information content (AvgIpc) is 2.63. The van der Waals surface area contributed by atoms with Gasteiger partial charge in [-0.3, -0.25) is 0 Å². The number of aryl methyl sites for hydroxylation is 1. The summed E-state index contributed by atoms with van der Waals surface area (Å²) < 4.78 is 54.1. The maximum atomic E-state index is 13.9. The fraction of sp³-hybridized carbons (Fsp3) is 0.143. The van der Waals surface area contributed by atoms with Gasteiger partial charge in [-0.05, 0) is 46.4 Å². The van der Waals surface area contributed by atoms with Crippen molar-refractivity contribution in [1.29, 1.82) is 0 Å². The molecule has 0 heterocycles. The van der Waals surface area contributed by atoms with Crippen LogP contribution in [0.3, 0.4) is 0 Å². The second-order valence-electron chi connectivity index (χ2n) is 5.82. The first-order valence-electron chi connectivity index (χ1n) is 8.11. The molecule has 0 unspecified atom stereocenters. The van der Waals surface area contributed by atoms with E-state index in [0.717, 1.165) is 29.7 Å². The Hall–Kier alpha value is -2.82. The van der Waals surface area contributed by atoms with Crippen LogP contribution in [0.4, 0.5) is 17.6 Å². The van der Waals surface area contributed by atoms with E-state index >= 15 is 0 Å². The minimum Gasteiger partial charge on any atom is -0.403 e. The van der Waals surface area contributed by atoms with Crippen LogP contribution >= 0.6 is 0 Å². The van der Waals surface area contributed by atoms with E-state index in [9.17, 15) is 17.6 Å². The first-order chi connectivity index (χ1) is 12.4. The molecule has 0 bridgehead atoms. The summed E-state index contributed by atoms with van der Waals surface area (Å²) in [5.74, 6) is -1.90. The molecule has 0 aliphatic heterocycles. The molecule has 3 aromatic carbocycles. The van der Waals surface area contributed by atoms with Gasteiger partial charge in [-0.1, -0.05) is 61.5 Å². The van der Waals surface area contributed by atoms with Crippen molar-refractivity contribution in [1.82, 2.24) is 0 Å². The standard InChI is InChI=1S/C21H16F4O/c1-2-14-3-5-15(6-4-14)16-7-9-17(10-8-16)18-11-12-20(19(22)13-18)26-21(23,24)25/h3-13H,2H2,1H3. The molecule has 0 amide bonds. The van der Waals surface area contributed by atoms with Crippen LogP contribution in [0.15, 0.2) is 66.7 Å². The fourth-order valence-corrected chi connectivity index (χ4v) is 2.68. The van der Waals surface area contributed by atoms with Crippen LogP contribution in [0.5, 0.6) is 5.75 Å². The van der Waals surface area contributed by atoms with Gasteiger partial charge >= 0.3 is 6.36 Å². The number of halogens is 4. The molecule has 0 spiro atoms. The second kappa shape index (κ2) is 7.20.